The van der Waals surface area contributed by atoms with E-state index < -0.39 is 6.43 Å². The van der Waals surface area contributed by atoms with Gasteiger partial charge in [0, 0.05) is 13.6 Å². The molecule has 0 N–H and O–H groups in total. The fraction of sp³-hybridized carbons (Fsp3) is 0.250. The molecule has 0 aliphatic rings. The minimum atomic E-state index is -2.41. The molecule has 0 saturated carbocycles. The van der Waals surface area contributed by atoms with Crippen molar-refractivity contribution in [1.29, 1.82) is 0 Å². The summed E-state index contributed by atoms with van der Waals surface area (Å²) in [5, 5.41) is 0. The summed E-state index contributed by atoms with van der Waals surface area (Å²) in [6.07, 6.45) is -2.41. The van der Waals surface area contributed by atoms with Gasteiger partial charge in [-0.25, -0.2) is 8.78 Å². The molecular formula is C8H6BrF2I. The van der Waals surface area contributed by atoms with Gasteiger partial charge in [0.25, 0.3) is 6.43 Å². The third-order valence-corrected chi connectivity index (χ3v) is 3.81. The lowest BCUT2D eigenvalue weighted by molar-refractivity contribution is 0.150. The van der Waals surface area contributed by atoms with Crippen molar-refractivity contribution in [1.82, 2.24) is 0 Å². The van der Waals surface area contributed by atoms with Gasteiger partial charge in [0.05, 0.1) is 0 Å². The molecule has 0 spiro atoms. The molecule has 66 valence electrons. The Morgan fingerprint density at radius 3 is 2.50 bits per heavy atom. The van der Waals surface area contributed by atoms with Gasteiger partial charge in [0.15, 0.2) is 0 Å². The molecule has 4 heteroatoms. The molecule has 0 heterocycles. The minimum Gasteiger partial charge on any atom is -0.205 e. The zero-order chi connectivity index (χ0) is 9.30. The van der Waals surface area contributed by atoms with Crippen LogP contribution in [-0.4, -0.2) is 0 Å². The summed E-state index contributed by atoms with van der Waals surface area (Å²) in [6, 6.07) is 3.14. The lowest BCUT2D eigenvalue weighted by Crippen LogP contribution is -1.91. The number of rotatable bonds is 1. The number of benzene rings is 1. The van der Waals surface area contributed by atoms with Crippen LogP contribution in [0.3, 0.4) is 0 Å². The number of hydrogen-bond acceptors (Lipinski definition) is 0. The quantitative estimate of drug-likeness (QED) is 0.665. The molecule has 0 saturated heterocycles. The fourth-order valence-corrected chi connectivity index (χ4v) is 2.19. The predicted octanol–water partition coefficient (Wildman–Crippen LogP) is 4.30. The molecule has 0 nitrogen and oxygen atoms in total. The topological polar surface area (TPSA) is 0 Å². The van der Waals surface area contributed by atoms with Crippen LogP contribution in [0.2, 0.25) is 0 Å². The second-order valence-electron chi connectivity index (χ2n) is 2.38. The van der Waals surface area contributed by atoms with Gasteiger partial charge in [-0.1, -0.05) is 6.07 Å². The molecule has 0 radical (unpaired) electrons. The molecule has 1 aromatic carbocycles. The van der Waals surface area contributed by atoms with Gasteiger partial charge in [0.1, 0.15) is 0 Å². The highest BCUT2D eigenvalue weighted by molar-refractivity contribution is 14.1. The highest BCUT2D eigenvalue weighted by atomic mass is 127. The van der Waals surface area contributed by atoms with E-state index in [4.69, 9.17) is 0 Å². The van der Waals surface area contributed by atoms with E-state index in [9.17, 15) is 8.78 Å². The average molecular weight is 347 g/mol. The first-order valence-corrected chi connectivity index (χ1v) is 5.14. The highest BCUT2D eigenvalue weighted by Crippen LogP contribution is 2.31. The lowest BCUT2D eigenvalue weighted by atomic mass is 10.1. The van der Waals surface area contributed by atoms with E-state index in [0.717, 1.165) is 9.13 Å². The third-order valence-electron chi connectivity index (χ3n) is 1.59. The van der Waals surface area contributed by atoms with Crippen LogP contribution >= 0.6 is 38.5 Å². The van der Waals surface area contributed by atoms with E-state index in [0.29, 0.717) is 4.47 Å². The Balaban J connectivity index is 3.27. The van der Waals surface area contributed by atoms with E-state index >= 15 is 0 Å². The van der Waals surface area contributed by atoms with E-state index in [2.05, 4.69) is 38.5 Å². The van der Waals surface area contributed by atoms with Gasteiger partial charge in [-0.3, -0.25) is 0 Å². The number of halogens is 4. The lowest BCUT2D eigenvalue weighted by Gasteiger charge is -2.07. The Kier molecular flexibility index (Phi) is 3.46. The van der Waals surface area contributed by atoms with Crippen molar-refractivity contribution < 1.29 is 8.78 Å². The molecule has 12 heavy (non-hydrogen) atoms. The summed E-state index contributed by atoms with van der Waals surface area (Å²) in [5.41, 5.74) is 0.932. The zero-order valence-corrected chi connectivity index (χ0v) is 9.99. The molecule has 1 aromatic rings. The van der Waals surface area contributed by atoms with Gasteiger partial charge in [-0.2, -0.15) is 0 Å². The number of hydrogen-bond donors (Lipinski definition) is 0. The maximum Gasteiger partial charge on any atom is 0.264 e. The van der Waals surface area contributed by atoms with Gasteiger partial charge in [0.2, 0.25) is 0 Å². The average Bonchev–Trinajstić information content (AvgIpc) is 2.00. The summed E-state index contributed by atoms with van der Waals surface area (Å²) in [4.78, 5) is 0. The largest absolute Gasteiger partial charge is 0.264 e. The molecule has 0 amide bonds. The van der Waals surface area contributed by atoms with Crippen LogP contribution in [0.25, 0.3) is 0 Å². The SMILES string of the molecule is Cc1c(I)ccc(C(F)F)c1Br. The summed E-state index contributed by atoms with van der Waals surface area (Å²) < 4.78 is 26.1. The van der Waals surface area contributed by atoms with Crippen molar-refractivity contribution in [2.75, 3.05) is 0 Å². The second-order valence-corrected chi connectivity index (χ2v) is 4.33. The van der Waals surface area contributed by atoms with Gasteiger partial charge in [-0.15, -0.1) is 0 Å². The van der Waals surface area contributed by atoms with Crippen LogP contribution in [0.4, 0.5) is 8.78 Å². The van der Waals surface area contributed by atoms with Crippen molar-refractivity contribution in [2.45, 2.75) is 13.3 Å². The van der Waals surface area contributed by atoms with E-state index in [1.807, 2.05) is 6.92 Å². The Hall–Kier alpha value is 0.290. The van der Waals surface area contributed by atoms with Crippen molar-refractivity contribution in [3.05, 3.63) is 31.3 Å². The maximum atomic E-state index is 12.3. The molecule has 1 rings (SSSR count). The van der Waals surface area contributed by atoms with Gasteiger partial charge >= 0.3 is 0 Å². The van der Waals surface area contributed by atoms with Crippen LogP contribution in [0.1, 0.15) is 17.6 Å². The minimum absolute atomic E-state index is 0.0629. The molecular weight excluding hydrogens is 341 g/mol. The highest BCUT2D eigenvalue weighted by Gasteiger charge is 2.13. The molecule has 0 aromatic heterocycles. The molecule has 0 fully saturated rings. The number of alkyl halides is 2. The summed E-state index contributed by atoms with van der Waals surface area (Å²) in [6.45, 7) is 1.82. The Bertz CT molecular complexity index is 299. The summed E-state index contributed by atoms with van der Waals surface area (Å²) >= 11 is 5.26. The van der Waals surface area contributed by atoms with Crippen molar-refractivity contribution in [3.63, 3.8) is 0 Å². The second kappa shape index (κ2) is 4.00. The smallest absolute Gasteiger partial charge is 0.205 e. The van der Waals surface area contributed by atoms with E-state index in [1.54, 1.807) is 6.07 Å². The molecule has 0 bridgehead atoms. The van der Waals surface area contributed by atoms with Crippen LogP contribution in [0, 0.1) is 10.5 Å². The first-order valence-electron chi connectivity index (χ1n) is 3.26. The fourth-order valence-electron chi connectivity index (χ4n) is 0.851. The summed E-state index contributed by atoms with van der Waals surface area (Å²) in [7, 11) is 0. The normalized spacial score (nSPS) is 10.8. The Morgan fingerprint density at radius 2 is 2.00 bits per heavy atom. The predicted molar refractivity (Wildman–Crippen MR) is 56.6 cm³/mol. The van der Waals surface area contributed by atoms with E-state index in [-0.39, 0.29) is 5.56 Å². The van der Waals surface area contributed by atoms with Crippen LogP contribution < -0.4 is 0 Å². The standard InChI is InChI=1S/C8H6BrF2I/c1-4-6(12)3-2-5(7(4)9)8(10)11/h2-3,8H,1H3. The van der Waals surface area contributed by atoms with Crippen LogP contribution in [0.15, 0.2) is 16.6 Å². The van der Waals surface area contributed by atoms with Crippen molar-refractivity contribution in [3.8, 4) is 0 Å². The van der Waals surface area contributed by atoms with Crippen molar-refractivity contribution >= 4 is 38.5 Å². The van der Waals surface area contributed by atoms with Gasteiger partial charge < -0.3 is 0 Å². The summed E-state index contributed by atoms with van der Waals surface area (Å²) in [5.74, 6) is 0. The van der Waals surface area contributed by atoms with Crippen LogP contribution in [0.5, 0.6) is 0 Å². The third kappa shape index (κ3) is 1.96. The van der Waals surface area contributed by atoms with Gasteiger partial charge in [-0.05, 0) is 57.1 Å². The molecule has 0 aliphatic heterocycles. The monoisotopic (exact) mass is 346 g/mol. The zero-order valence-electron chi connectivity index (χ0n) is 6.24. The molecule has 0 atom stereocenters. The maximum absolute atomic E-state index is 12.3. The molecule has 0 unspecified atom stereocenters. The first-order chi connectivity index (χ1) is 5.54. The Labute approximate surface area is 91.6 Å². The van der Waals surface area contributed by atoms with E-state index in [1.165, 1.54) is 6.07 Å². The van der Waals surface area contributed by atoms with Crippen LogP contribution in [-0.2, 0) is 0 Å². The molecule has 0 aliphatic carbocycles. The first kappa shape index (κ1) is 10.4. The van der Waals surface area contributed by atoms with Crippen molar-refractivity contribution in [2.24, 2.45) is 0 Å². The Morgan fingerprint density at radius 1 is 1.42 bits per heavy atom.